The number of aromatic nitrogens is 6. The molecule has 12 heavy (non-hydrogen) atoms. The molecule has 6 nitrogen and oxygen atoms in total. The van der Waals surface area contributed by atoms with Gasteiger partial charge in [0.15, 0.2) is 0 Å². The predicted molar refractivity (Wildman–Crippen MR) is 39.5 cm³/mol. The van der Waals surface area contributed by atoms with Gasteiger partial charge in [-0.2, -0.15) is 14.6 Å². The second-order valence-electron chi connectivity index (χ2n) is 2.35. The van der Waals surface area contributed by atoms with Gasteiger partial charge < -0.3 is 0 Å². The number of hydrogen-bond acceptors (Lipinski definition) is 4. The molecule has 3 rings (SSSR count). The molecule has 3 aromatic rings. The van der Waals surface area contributed by atoms with E-state index in [0.717, 1.165) is 5.78 Å². The third-order valence-electron chi connectivity index (χ3n) is 1.67. The Morgan fingerprint density at radius 3 is 3.17 bits per heavy atom. The van der Waals surface area contributed by atoms with Gasteiger partial charge >= 0.3 is 0 Å². The maximum absolute atomic E-state index is 4.10. The minimum atomic E-state index is 0.564. The van der Waals surface area contributed by atoms with Crippen LogP contribution in [0.25, 0.3) is 11.6 Å². The van der Waals surface area contributed by atoms with E-state index < -0.39 is 0 Å². The zero-order chi connectivity index (χ0) is 7.97. The van der Waals surface area contributed by atoms with E-state index in [1.54, 1.807) is 21.4 Å². The molecule has 0 radical (unpaired) electrons. The lowest BCUT2D eigenvalue weighted by Crippen LogP contribution is -1.97. The van der Waals surface area contributed by atoms with Crippen molar-refractivity contribution in [2.24, 2.45) is 0 Å². The summed E-state index contributed by atoms with van der Waals surface area (Å²) in [5.74, 6) is 1.28. The molecular weight excluding hydrogens is 156 g/mol. The minimum absolute atomic E-state index is 0.564. The monoisotopic (exact) mass is 160 g/mol. The molecular formula is C6H4N6. The van der Waals surface area contributed by atoms with Crippen LogP contribution in [-0.2, 0) is 0 Å². The number of fused-ring (bicyclic) bond motifs is 3. The normalized spacial score (nSPS) is 11.3. The van der Waals surface area contributed by atoms with Crippen molar-refractivity contribution in [3.05, 3.63) is 25.0 Å². The van der Waals surface area contributed by atoms with Crippen LogP contribution in [-0.4, -0.2) is 29.0 Å². The molecule has 0 aliphatic heterocycles. The summed E-state index contributed by atoms with van der Waals surface area (Å²) in [6.45, 7) is 0. The van der Waals surface area contributed by atoms with E-state index >= 15 is 0 Å². The number of hydrogen-bond donors (Lipinski definition) is 0. The lowest BCUT2D eigenvalue weighted by Gasteiger charge is -1.92. The number of imidazole rings is 1. The molecule has 0 aromatic carbocycles. The van der Waals surface area contributed by atoms with Gasteiger partial charge in [0.25, 0.3) is 5.78 Å². The third-order valence-corrected chi connectivity index (χ3v) is 1.67. The largest absolute Gasteiger partial charge is 0.274 e. The Hall–Kier alpha value is -1.98. The maximum Gasteiger partial charge on any atom is 0.256 e. The van der Waals surface area contributed by atoms with Crippen LogP contribution < -0.4 is 0 Å². The highest BCUT2D eigenvalue weighted by Crippen LogP contribution is 1.99. The molecule has 0 amide bonds. The zero-order valence-corrected chi connectivity index (χ0v) is 5.99. The van der Waals surface area contributed by atoms with E-state index in [-0.39, 0.29) is 0 Å². The summed E-state index contributed by atoms with van der Waals surface area (Å²) in [7, 11) is 0. The van der Waals surface area contributed by atoms with Crippen molar-refractivity contribution in [2.75, 3.05) is 0 Å². The van der Waals surface area contributed by atoms with Crippen molar-refractivity contribution in [3.8, 4) is 0 Å². The molecule has 58 valence electrons. The quantitative estimate of drug-likeness (QED) is 0.456. The van der Waals surface area contributed by atoms with Crippen LogP contribution in [0.3, 0.4) is 0 Å². The zero-order valence-electron chi connectivity index (χ0n) is 5.99. The smallest absolute Gasteiger partial charge is 0.256 e. The maximum atomic E-state index is 4.10. The molecule has 0 aliphatic carbocycles. The van der Waals surface area contributed by atoms with Gasteiger partial charge in [0.05, 0.1) is 0 Å². The first-order valence-corrected chi connectivity index (χ1v) is 3.42. The fraction of sp³-hybridized carbons (Fsp3) is 0. The average Bonchev–Trinajstić information content (AvgIpc) is 2.71. The molecule has 0 saturated carbocycles. The summed E-state index contributed by atoms with van der Waals surface area (Å²) in [6, 6.07) is 0. The standard InChI is InChI=1S/C6H4N6/c1-2-11-4-9-5-8-3-10-12(5)6(11)7-1/h1-4H. The summed E-state index contributed by atoms with van der Waals surface area (Å²) in [4.78, 5) is 12.1. The van der Waals surface area contributed by atoms with Crippen molar-refractivity contribution in [1.29, 1.82) is 0 Å². The second-order valence-corrected chi connectivity index (χ2v) is 2.35. The Bertz CT molecular complexity index is 485. The van der Waals surface area contributed by atoms with Gasteiger partial charge in [0.2, 0.25) is 5.78 Å². The molecule has 0 aliphatic rings. The lowest BCUT2D eigenvalue weighted by molar-refractivity contribution is 0.898. The van der Waals surface area contributed by atoms with Crippen LogP contribution >= 0.6 is 0 Å². The second kappa shape index (κ2) is 1.79. The first-order valence-electron chi connectivity index (χ1n) is 3.42. The van der Waals surface area contributed by atoms with Gasteiger partial charge in [0, 0.05) is 12.4 Å². The number of rotatable bonds is 0. The van der Waals surface area contributed by atoms with Crippen LogP contribution in [0.15, 0.2) is 25.0 Å². The topological polar surface area (TPSA) is 60.4 Å². The molecule has 6 heteroatoms. The van der Waals surface area contributed by atoms with E-state index in [0.29, 0.717) is 5.78 Å². The molecule has 3 aromatic heterocycles. The van der Waals surface area contributed by atoms with Crippen LogP contribution in [0.1, 0.15) is 0 Å². The summed E-state index contributed by atoms with van der Waals surface area (Å²) >= 11 is 0. The van der Waals surface area contributed by atoms with E-state index in [1.807, 2.05) is 6.20 Å². The summed E-state index contributed by atoms with van der Waals surface area (Å²) in [6.07, 6.45) is 6.62. The summed E-state index contributed by atoms with van der Waals surface area (Å²) in [5, 5.41) is 3.98. The van der Waals surface area contributed by atoms with Crippen LogP contribution in [0.2, 0.25) is 0 Å². The third kappa shape index (κ3) is 0.541. The highest BCUT2D eigenvalue weighted by atomic mass is 15.4. The van der Waals surface area contributed by atoms with Crippen LogP contribution in [0.5, 0.6) is 0 Å². The fourth-order valence-corrected chi connectivity index (χ4v) is 1.14. The minimum Gasteiger partial charge on any atom is -0.274 e. The van der Waals surface area contributed by atoms with Crippen molar-refractivity contribution >= 4 is 11.6 Å². The van der Waals surface area contributed by atoms with Gasteiger partial charge in [-0.15, -0.1) is 0 Å². The molecule has 0 N–H and O–H groups in total. The molecule has 3 heterocycles. The predicted octanol–water partition coefficient (Wildman–Crippen LogP) is -0.228. The van der Waals surface area contributed by atoms with E-state index in [1.165, 1.54) is 6.33 Å². The molecule has 0 saturated heterocycles. The molecule has 0 unspecified atom stereocenters. The molecule has 0 fully saturated rings. The van der Waals surface area contributed by atoms with Gasteiger partial charge in [-0.05, 0) is 0 Å². The van der Waals surface area contributed by atoms with Gasteiger partial charge in [-0.3, -0.25) is 4.40 Å². The average molecular weight is 160 g/mol. The van der Waals surface area contributed by atoms with Gasteiger partial charge in [0.1, 0.15) is 12.7 Å². The first-order chi connectivity index (χ1) is 5.95. The van der Waals surface area contributed by atoms with E-state index in [4.69, 9.17) is 0 Å². The molecule has 0 atom stereocenters. The van der Waals surface area contributed by atoms with E-state index in [9.17, 15) is 0 Å². The summed E-state index contributed by atoms with van der Waals surface area (Å²) < 4.78 is 3.36. The number of nitrogens with zero attached hydrogens (tertiary/aromatic N) is 6. The highest BCUT2D eigenvalue weighted by Gasteiger charge is 2.01. The fourth-order valence-electron chi connectivity index (χ4n) is 1.14. The summed E-state index contributed by atoms with van der Waals surface area (Å²) in [5.41, 5.74) is 0. The van der Waals surface area contributed by atoms with Crippen molar-refractivity contribution in [1.82, 2.24) is 29.0 Å². The Balaban J connectivity index is 2.71. The Morgan fingerprint density at radius 2 is 2.17 bits per heavy atom. The van der Waals surface area contributed by atoms with E-state index in [2.05, 4.69) is 20.1 Å². The Kier molecular flexibility index (Phi) is 0.840. The SMILES string of the molecule is c1cn2cnc3ncnn3c2n1. The molecule has 0 spiro atoms. The lowest BCUT2D eigenvalue weighted by atomic mass is 10.9. The highest BCUT2D eigenvalue weighted by molar-refractivity contribution is 5.37. The molecule has 0 bridgehead atoms. The van der Waals surface area contributed by atoms with Gasteiger partial charge in [-0.1, -0.05) is 0 Å². The Labute approximate surface area is 66.5 Å². The van der Waals surface area contributed by atoms with Crippen molar-refractivity contribution in [2.45, 2.75) is 0 Å². The Morgan fingerprint density at radius 1 is 1.17 bits per heavy atom. The van der Waals surface area contributed by atoms with Gasteiger partial charge in [-0.25, -0.2) is 9.97 Å². The van der Waals surface area contributed by atoms with Crippen molar-refractivity contribution < 1.29 is 0 Å². The first kappa shape index (κ1) is 5.64. The van der Waals surface area contributed by atoms with Crippen LogP contribution in [0.4, 0.5) is 0 Å². The van der Waals surface area contributed by atoms with Crippen molar-refractivity contribution in [3.63, 3.8) is 0 Å². The van der Waals surface area contributed by atoms with Crippen LogP contribution in [0, 0.1) is 0 Å².